The van der Waals surface area contributed by atoms with E-state index in [0.717, 1.165) is 43.0 Å². The Kier molecular flexibility index (Phi) is 5.62. The molecule has 1 amide bonds. The number of carbonyl (C=O) groups is 1. The molecular formula is C23H26N4O2. The maximum absolute atomic E-state index is 13.3. The highest BCUT2D eigenvalue weighted by Gasteiger charge is 2.42. The van der Waals surface area contributed by atoms with Crippen molar-refractivity contribution in [2.75, 3.05) is 13.1 Å². The maximum atomic E-state index is 13.3. The van der Waals surface area contributed by atoms with Crippen LogP contribution in [0.15, 0.2) is 73.1 Å². The molecule has 1 atom stereocenters. The molecule has 0 saturated carbocycles. The van der Waals surface area contributed by atoms with Gasteiger partial charge in [0.15, 0.2) is 0 Å². The summed E-state index contributed by atoms with van der Waals surface area (Å²) in [6, 6.07) is 19.3. The molecule has 0 bridgehead atoms. The predicted molar refractivity (Wildman–Crippen MR) is 112 cm³/mol. The number of ether oxygens (including phenoxy) is 1. The van der Waals surface area contributed by atoms with E-state index in [9.17, 15) is 4.79 Å². The highest BCUT2D eigenvalue weighted by molar-refractivity contribution is 5.85. The Morgan fingerprint density at radius 2 is 1.76 bits per heavy atom. The summed E-state index contributed by atoms with van der Waals surface area (Å²) in [5.74, 6) is 1.58. The number of para-hydroxylation sites is 1. The molecule has 0 aliphatic carbocycles. The maximum Gasteiger partial charge on any atom is 0.248 e. The van der Waals surface area contributed by atoms with Crippen molar-refractivity contribution in [1.82, 2.24) is 20.4 Å². The van der Waals surface area contributed by atoms with Crippen LogP contribution >= 0.6 is 0 Å². The Morgan fingerprint density at radius 1 is 1.07 bits per heavy atom. The first-order valence-corrected chi connectivity index (χ1v) is 10.0. The van der Waals surface area contributed by atoms with Crippen LogP contribution in [0.3, 0.4) is 0 Å². The summed E-state index contributed by atoms with van der Waals surface area (Å²) in [7, 11) is 0. The van der Waals surface area contributed by atoms with Gasteiger partial charge < -0.3 is 15.4 Å². The molecule has 1 aliphatic rings. The van der Waals surface area contributed by atoms with E-state index in [-0.39, 0.29) is 11.9 Å². The third-order valence-corrected chi connectivity index (χ3v) is 5.50. The third-order valence-electron chi connectivity index (χ3n) is 5.50. The molecule has 1 aliphatic heterocycles. The molecule has 1 saturated heterocycles. The number of nitrogens with one attached hydrogen (secondary N) is 2. The number of hydrogen-bond acceptors (Lipinski definition) is 4. The van der Waals surface area contributed by atoms with Gasteiger partial charge in [-0.2, -0.15) is 5.10 Å². The van der Waals surface area contributed by atoms with Crippen molar-refractivity contribution in [1.29, 1.82) is 0 Å². The normalized spacial score (nSPS) is 16.7. The van der Waals surface area contributed by atoms with Gasteiger partial charge >= 0.3 is 0 Å². The van der Waals surface area contributed by atoms with Gasteiger partial charge in [0.05, 0.1) is 6.04 Å². The van der Waals surface area contributed by atoms with Crippen LogP contribution < -0.4 is 15.4 Å². The molecule has 0 spiro atoms. The fraction of sp³-hybridized carbons (Fsp3) is 0.304. The van der Waals surface area contributed by atoms with E-state index < -0.39 is 5.54 Å². The fourth-order valence-corrected chi connectivity index (χ4v) is 3.79. The van der Waals surface area contributed by atoms with Gasteiger partial charge in [-0.3, -0.25) is 9.48 Å². The number of hydrogen-bond donors (Lipinski definition) is 2. The summed E-state index contributed by atoms with van der Waals surface area (Å²) in [6.45, 7) is 3.60. The van der Waals surface area contributed by atoms with Crippen molar-refractivity contribution in [3.8, 4) is 11.5 Å². The predicted octanol–water partition coefficient (Wildman–Crippen LogP) is 3.63. The van der Waals surface area contributed by atoms with Crippen molar-refractivity contribution < 1.29 is 9.53 Å². The Balaban J connectivity index is 1.45. The van der Waals surface area contributed by atoms with E-state index in [1.54, 1.807) is 6.20 Å². The monoisotopic (exact) mass is 390 g/mol. The SMILES string of the molecule is CC(NC(=O)C1(n2cccn2)CCNCC1)c1ccc(Oc2ccccc2)cc1. The number of aromatic nitrogens is 2. The second-order valence-electron chi connectivity index (χ2n) is 7.41. The van der Waals surface area contributed by atoms with Crippen LogP contribution in [0.2, 0.25) is 0 Å². The molecule has 0 radical (unpaired) electrons. The van der Waals surface area contributed by atoms with E-state index in [1.807, 2.05) is 78.5 Å². The van der Waals surface area contributed by atoms with Crippen LogP contribution in [0.1, 0.15) is 31.4 Å². The van der Waals surface area contributed by atoms with Gasteiger partial charge in [-0.15, -0.1) is 0 Å². The zero-order valence-electron chi connectivity index (χ0n) is 16.5. The molecule has 2 heterocycles. The minimum atomic E-state index is -0.640. The van der Waals surface area contributed by atoms with E-state index in [1.165, 1.54) is 0 Å². The van der Waals surface area contributed by atoms with E-state index >= 15 is 0 Å². The summed E-state index contributed by atoms with van der Waals surface area (Å²) in [5.41, 5.74) is 0.391. The second kappa shape index (κ2) is 8.49. The lowest BCUT2D eigenvalue weighted by Crippen LogP contribution is -2.55. The molecule has 2 N–H and O–H groups in total. The van der Waals surface area contributed by atoms with Gasteiger partial charge in [0, 0.05) is 12.4 Å². The first-order valence-electron chi connectivity index (χ1n) is 10.0. The number of rotatable bonds is 6. The molecule has 3 aromatic rings. The lowest BCUT2D eigenvalue weighted by molar-refractivity contribution is -0.132. The minimum absolute atomic E-state index is 0.0137. The number of amides is 1. The smallest absolute Gasteiger partial charge is 0.248 e. The van der Waals surface area contributed by atoms with Crippen LogP contribution in [0.25, 0.3) is 0 Å². The van der Waals surface area contributed by atoms with Crippen molar-refractivity contribution >= 4 is 5.91 Å². The van der Waals surface area contributed by atoms with Crippen LogP contribution in [-0.4, -0.2) is 28.8 Å². The van der Waals surface area contributed by atoms with Gasteiger partial charge in [-0.1, -0.05) is 30.3 Å². The summed E-state index contributed by atoms with van der Waals surface area (Å²) >= 11 is 0. The molecule has 29 heavy (non-hydrogen) atoms. The van der Waals surface area contributed by atoms with E-state index in [2.05, 4.69) is 15.7 Å². The lowest BCUT2D eigenvalue weighted by atomic mass is 9.87. The zero-order chi connectivity index (χ0) is 20.1. The molecular weight excluding hydrogens is 364 g/mol. The first-order chi connectivity index (χ1) is 14.2. The van der Waals surface area contributed by atoms with Gasteiger partial charge in [-0.25, -0.2) is 0 Å². The average molecular weight is 390 g/mol. The zero-order valence-corrected chi connectivity index (χ0v) is 16.5. The Hall–Kier alpha value is -3.12. The van der Waals surface area contributed by atoms with Crippen molar-refractivity contribution in [3.05, 3.63) is 78.6 Å². The molecule has 1 fully saturated rings. The first kappa shape index (κ1) is 19.2. The Bertz CT molecular complexity index is 917. The van der Waals surface area contributed by atoms with Crippen LogP contribution in [0, 0.1) is 0 Å². The number of nitrogens with zero attached hydrogens (tertiary/aromatic N) is 2. The summed E-state index contributed by atoms with van der Waals surface area (Å²) in [5, 5.41) is 10.9. The van der Waals surface area contributed by atoms with Crippen LogP contribution in [-0.2, 0) is 10.3 Å². The number of piperidine rings is 1. The molecule has 6 nitrogen and oxygen atoms in total. The van der Waals surface area contributed by atoms with Crippen LogP contribution in [0.5, 0.6) is 11.5 Å². The highest BCUT2D eigenvalue weighted by atomic mass is 16.5. The van der Waals surface area contributed by atoms with E-state index in [4.69, 9.17) is 4.74 Å². The van der Waals surface area contributed by atoms with Gasteiger partial charge in [0.25, 0.3) is 0 Å². The molecule has 2 aromatic carbocycles. The minimum Gasteiger partial charge on any atom is -0.457 e. The highest BCUT2D eigenvalue weighted by Crippen LogP contribution is 2.29. The largest absolute Gasteiger partial charge is 0.457 e. The summed E-state index contributed by atoms with van der Waals surface area (Å²) in [4.78, 5) is 13.3. The van der Waals surface area contributed by atoms with Crippen molar-refractivity contribution in [3.63, 3.8) is 0 Å². The average Bonchev–Trinajstić information content (AvgIpc) is 3.31. The summed E-state index contributed by atoms with van der Waals surface area (Å²) < 4.78 is 7.66. The standard InChI is InChI=1S/C23H26N4O2/c1-18(19-8-10-21(11-9-19)29-20-6-3-2-4-7-20)26-22(28)23(12-15-24-16-13-23)27-17-5-14-25-27/h2-11,14,17-18,24H,12-13,15-16H2,1H3,(H,26,28). The number of benzene rings is 2. The number of carbonyl (C=O) groups excluding carboxylic acids is 1. The molecule has 6 heteroatoms. The Morgan fingerprint density at radius 3 is 2.41 bits per heavy atom. The van der Waals surface area contributed by atoms with Crippen molar-refractivity contribution in [2.45, 2.75) is 31.3 Å². The summed E-state index contributed by atoms with van der Waals surface area (Å²) in [6.07, 6.45) is 5.05. The topological polar surface area (TPSA) is 68.2 Å². The Labute approximate surface area is 170 Å². The molecule has 1 unspecified atom stereocenters. The van der Waals surface area contributed by atoms with Gasteiger partial charge in [0.2, 0.25) is 5.91 Å². The molecule has 150 valence electrons. The third kappa shape index (κ3) is 4.17. The molecule has 1 aromatic heterocycles. The fourth-order valence-electron chi connectivity index (χ4n) is 3.79. The second-order valence-corrected chi connectivity index (χ2v) is 7.41. The van der Waals surface area contributed by atoms with Gasteiger partial charge in [-0.05, 0) is 68.8 Å². The van der Waals surface area contributed by atoms with Gasteiger partial charge in [0.1, 0.15) is 17.0 Å². The van der Waals surface area contributed by atoms with Crippen LogP contribution in [0.4, 0.5) is 0 Å². The quantitative estimate of drug-likeness (QED) is 0.674. The van der Waals surface area contributed by atoms with Crippen molar-refractivity contribution in [2.24, 2.45) is 0 Å². The lowest BCUT2D eigenvalue weighted by Gasteiger charge is -2.37. The molecule has 4 rings (SSSR count). The van der Waals surface area contributed by atoms with E-state index in [0.29, 0.717) is 0 Å².